The van der Waals surface area contributed by atoms with Crippen molar-refractivity contribution in [3.05, 3.63) is 29.3 Å². The van der Waals surface area contributed by atoms with Crippen LogP contribution in [0.4, 0.5) is 0 Å². The molecule has 0 saturated carbocycles. The number of methoxy groups -OCH3 is 1. The highest BCUT2D eigenvalue weighted by atomic mass is 16.5. The lowest BCUT2D eigenvalue weighted by Gasteiger charge is -2.28. The van der Waals surface area contributed by atoms with Gasteiger partial charge in [-0.1, -0.05) is 12.1 Å². The molecular weight excluding hydrogens is 264 g/mol. The molecule has 0 radical (unpaired) electrons. The van der Waals surface area contributed by atoms with Crippen LogP contribution in [0, 0.1) is 0 Å². The molecular formula is C17H26N2O2. The minimum absolute atomic E-state index is 0.646. The number of ether oxygens (including phenoxy) is 2. The molecule has 0 spiro atoms. The standard InChI is InChI=1S/C17H26N2O2/c1-20-17-5-4-14(15-3-2-6-18-12-15)11-16(17)13-19-7-9-21-10-8-19/h4-5,11,15,18H,2-3,6-10,12-13H2,1H3. The molecule has 3 rings (SSSR count). The van der Waals surface area contributed by atoms with Gasteiger partial charge in [-0.25, -0.2) is 0 Å². The lowest BCUT2D eigenvalue weighted by molar-refractivity contribution is 0.0338. The Bertz CT molecular complexity index is 452. The average molecular weight is 290 g/mol. The number of piperidine rings is 1. The molecule has 0 bridgehead atoms. The molecule has 0 aliphatic carbocycles. The molecule has 1 atom stereocenters. The molecule has 1 aromatic rings. The minimum Gasteiger partial charge on any atom is -0.496 e. The van der Waals surface area contributed by atoms with E-state index in [0.29, 0.717) is 5.92 Å². The van der Waals surface area contributed by atoms with Crippen molar-refractivity contribution in [2.45, 2.75) is 25.3 Å². The van der Waals surface area contributed by atoms with Crippen LogP contribution in [-0.4, -0.2) is 51.4 Å². The van der Waals surface area contributed by atoms with Crippen LogP contribution >= 0.6 is 0 Å². The number of hydrogen-bond donors (Lipinski definition) is 1. The average Bonchev–Trinajstić information content (AvgIpc) is 2.56. The van der Waals surface area contributed by atoms with Crippen LogP contribution in [0.5, 0.6) is 5.75 Å². The summed E-state index contributed by atoms with van der Waals surface area (Å²) in [5, 5.41) is 3.50. The Morgan fingerprint density at radius 1 is 1.33 bits per heavy atom. The summed E-state index contributed by atoms with van der Waals surface area (Å²) in [6.45, 7) is 6.93. The number of morpholine rings is 1. The Hall–Kier alpha value is -1.10. The van der Waals surface area contributed by atoms with Crippen LogP contribution in [-0.2, 0) is 11.3 Å². The summed E-state index contributed by atoms with van der Waals surface area (Å²) >= 11 is 0. The van der Waals surface area contributed by atoms with E-state index in [0.717, 1.165) is 51.7 Å². The van der Waals surface area contributed by atoms with E-state index < -0.39 is 0 Å². The highest BCUT2D eigenvalue weighted by Crippen LogP contribution is 2.29. The van der Waals surface area contributed by atoms with Gasteiger partial charge in [-0.3, -0.25) is 4.90 Å². The van der Waals surface area contributed by atoms with Gasteiger partial charge in [0.05, 0.1) is 20.3 Å². The predicted octanol–water partition coefficient (Wildman–Crippen LogP) is 1.99. The maximum absolute atomic E-state index is 5.56. The Morgan fingerprint density at radius 2 is 2.19 bits per heavy atom. The Labute approximate surface area is 127 Å². The Kier molecular flexibility index (Phi) is 5.12. The van der Waals surface area contributed by atoms with E-state index >= 15 is 0 Å². The molecule has 4 nitrogen and oxygen atoms in total. The monoisotopic (exact) mass is 290 g/mol. The largest absolute Gasteiger partial charge is 0.496 e. The molecule has 21 heavy (non-hydrogen) atoms. The van der Waals surface area contributed by atoms with Crippen molar-refractivity contribution in [1.29, 1.82) is 0 Å². The van der Waals surface area contributed by atoms with Gasteiger partial charge in [-0.05, 0) is 36.9 Å². The minimum atomic E-state index is 0.646. The summed E-state index contributed by atoms with van der Waals surface area (Å²) in [5.41, 5.74) is 2.76. The molecule has 0 amide bonds. The first-order valence-corrected chi connectivity index (χ1v) is 8.04. The number of nitrogens with one attached hydrogen (secondary N) is 1. The number of rotatable bonds is 4. The molecule has 2 aliphatic heterocycles. The van der Waals surface area contributed by atoms with Crippen molar-refractivity contribution in [2.24, 2.45) is 0 Å². The van der Waals surface area contributed by atoms with Crippen LogP contribution in [0.15, 0.2) is 18.2 Å². The van der Waals surface area contributed by atoms with E-state index in [1.807, 2.05) is 0 Å². The summed E-state index contributed by atoms with van der Waals surface area (Å²) in [6.07, 6.45) is 2.56. The summed E-state index contributed by atoms with van der Waals surface area (Å²) < 4.78 is 11.0. The van der Waals surface area contributed by atoms with Gasteiger partial charge in [0.25, 0.3) is 0 Å². The number of nitrogens with zero attached hydrogens (tertiary/aromatic N) is 1. The highest BCUT2D eigenvalue weighted by molar-refractivity contribution is 5.39. The molecule has 1 unspecified atom stereocenters. The van der Waals surface area contributed by atoms with Gasteiger partial charge in [0.2, 0.25) is 0 Å². The zero-order chi connectivity index (χ0) is 14.5. The zero-order valence-electron chi connectivity index (χ0n) is 12.9. The third kappa shape index (κ3) is 3.76. The van der Waals surface area contributed by atoms with Crippen molar-refractivity contribution in [3.63, 3.8) is 0 Å². The predicted molar refractivity (Wildman–Crippen MR) is 83.9 cm³/mol. The van der Waals surface area contributed by atoms with Gasteiger partial charge in [-0.15, -0.1) is 0 Å². The van der Waals surface area contributed by atoms with Crippen LogP contribution in [0.3, 0.4) is 0 Å². The zero-order valence-corrected chi connectivity index (χ0v) is 12.9. The first-order chi connectivity index (χ1) is 10.4. The SMILES string of the molecule is COc1ccc(C2CCCNC2)cc1CN1CCOCC1. The second-order valence-electron chi connectivity index (χ2n) is 6.00. The second-order valence-corrected chi connectivity index (χ2v) is 6.00. The highest BCUT2D eigenvalue weighted by Gasteiger charge is 2.18. The number of benzene rings is 1. The summed E-state index contributed by atoms with van der Waals surface area (Å²) in [4.78, 5) is 2.45. The van der Waals surface area contributed by atoms with E-state index in [9.17, 15) is 0 Å². The van der Waals surface area contributed by atoms with Crippen LogP contribution in [0.1, 0.15) is 29.9 Å². The Balaban J connectivity index is 1.75. The van der Waals surface area contributed by atoms with Gasteiger partial charge in [0.15, 0.2) is 0 Å². The van der Waals surface area contributed by atoms with Crippen LogP contribution in [0.2, 0.25) is 0 Å². The van der Waals surface area contributed by atoms with Crippen molar-refractivity contribution in [2.75, 3.05) is 46.5 Å². The van der Waals surface area contributed by atoms with Crippen molar-refractivity contribution in [1.82, 2.24) is 10.2 Å². The van der Waals surface area contributed by atoms with E-state index in [4.69, 9.17) is 9.47 Å². The first kappa shape index (κ1) is 14.8. The molecule has 2 heterocycles. The van der Waals surface area contributed by atoms with Crippen molar-refractivity contribution >= 4 is 0 Å². The van der Waals surface area contributed by atoms with E-state index in [-0.39, 0.29) is 0 Å². The maximum Gasteiger partial charge on any atom is 0.123 e. The van der Waals surface area contributed by atoms with Crippen LogP contribution in [0.25, 0.3) is 0 Å². The molecule has 2 fully saturated rings. The number of hydrogen-bond acceptors (Lipinski definition) is 4. The van der Waals surface area contributed by atoms with Gasteiger partial charge in [0.1, 0.15) is 5.75 Å². The molecule has 0 aromatic heterocycles. The van der Waals surface area contributed by atoms with E-state index in [1.165, 1.54) is 24.0 Å². The maximum atomic E-state index is 5.56. The fourth-order valence-electron chi connectivity index (χ4n) is 3.31. The lowest BCUT2D eigenvalue weighted by atomic mass is 9.90. The molecule has 1 aromatic carbocycles. The molecule has 116 valence electrons. The van der Waals surface area contributed by atoms with E-state index in [1.54, 1.807) is 7.11 Å². The van der Waals surface area contributed by atoms with E-state index in [2.05, 4.69) is 28.4 Å². The summed E-state index contributed by atoms with van der Waals surface area (Å²) in [7, 11) is 1.76. The van der Waals surface area contributed by atoms with Crippen molar-refractivity contribution < 1.29 is 9.47 Å². The van der Waals surface area contributed by atoms with Gasteiger partial charge < -0.3 is 14.8 Å². The summed E-state index contributed by atoms with van der Waals surface area (Å²) in [5.74, 6) is 1.65. The van der Waals surface area contributed by atoms with Gasteiger partial charge >= 0.3 is 0 Å². The van der Waals surface area contributed by atoms with Crippen molar-refractivity contribution in [3.8, 4) is 5.75 Å². The normalized spacial score (nSPS) is 24.0. The summed E-state index contributed by atoms with van der Waals surface area (Å²) in [6, 6.07) is 6.73. The second kappa shape index (κ2) is 7.25. The quantitative estimate of drug-likeness (QED) is 0.919. The lowest BCUT2D eigenvalue weighted by Crippen LogP contribution is -2.35. The third-order valence-electron chi connectivity index (χ3n) is 4.57. The Morgan fingerprint density at radius 3 is 2.90 bits per heavy atom. The molecule has 2 aliphatic rings. The molecule has 2 saturated heterocycles. The fourth-order valence-corrected chi connectivity index (χ4v) is 3.31. The first-order valence-electron chi connectivity index (χ1n) is 8.04. The molecule has 1 N–H and O–H groups in total. The fraction of sp³-hybridized carbons (Fsp3) is 0.647. The topological polar surface area (TPSA) is 33.7 Å². The van der Waals surface area contributed by atoms with Gasteiger partial charge in [-0.2, -0.15) is 0 Å². The third-order valence-corrected chi connectivity index (χ3v) is 4.57. The van der Waals surface area contributed by atoms with Gasteiger partial charge in [0, 0.05) is 31.7 Å². The van der Waals surface area contributed by atoms with Crippen LogP contribution < -0.4 is 10.1 Å². The smallest absolute Gasteiger partial charge is 0.123 e. The molecule has 4 heteroatoms.